The Morgan fingerprint density at radius 1 is 1.31 bits per heavy atom. The Labute approximate surface area is 96.8 Å². The summed E-state index contributed by atoms with van der Waals surface area (Å²) < 4.78 is 26.2. The molecule has 0 spiro atoms. The summed E-state index contributed by atoms with van der Waals surface area (Å²) in [5.41, 5.74) is 5.30. The second kappa shape index (κ2) is 4.86. The predicted molar refractivity (Wildman–Crippen MR) is 62.5 cm³/mol. The quantitative estimate of drug-likeness (QED) is 0.839. The molecule has 0 atom stereocenters. The van der Waals surface area contributed by atoms with E-state index in [0.717, 1.165) is 30.4 Å². The summed E-state index contributed by atoms with van der Waals surface area (Å²) >= 11 is 1.88. The van der Waals surface area contributed by atoms with Gasteiger partial charge in [0.25, 0.3) is 0 Å². The summed E-state index contributed by atoms with van der Waals surface area (Å²) in [6.07, 6.45) is 1.92. The normalized spacial score (nSPS) is 17.4. The number of aromatic nitrogens is 1. The van der Waals surface area contributed by atoms with Crippen molar-refractivity contribution in [3.63, 3.8) is 0 Å². The van der Waals surface area contributed by atoms with Gasteiger partial charge in [0, 0.05) is 12.1 Å². The third-order valence-electron chi connectivity index (χ3n) is 2.52. The van der Waals surface area contributed by atoms with Crippen molar-refractivity contribution in [1.29, 1.82) is 0 Å². The molecule has 2 heterocycles. The van der Waals surface area contributed by atoms with E-state index in [2.05, 4.69) is 10.3 Å². The van der Waals surface area contributed by atoms with Crippen LogP contribution in [0.5, 0.6) is 0 Å². The van der Waals surface area contributed by atoms with E-state index in [-0.39, 0.29) is 17.7 Å². The van der Waals surface area contributed by atoms with Crippen LogP contribution in [0.2, 0.25) is 0 Å². The molecule has 1 fully saturated rings. The molecule has 3 nitrogen and oxygen atoms in total. The zero-order valence-corrected chi connectivity index (χ0v) is 9.49. The molecule has 0 aromatic carbocycles. The maximum atomic E-state index is 13.4. The predicted octanol–water partition coefficient (Wildman–Crippen LogP) is 2.25. The lowest BCUT2D eigenvalue weighted by Gasteiger charge is -2.23. The largest absolute Gasteiger partial charge is 0.381 e. The summed E-state index contributed by atoms with van der Waals surface area (Å²) in [7, 11) is 0. The van der Waals surface area contributed by atoms with Crippen molar-refractivity contribution in [2.45, 2.75) is 18.9 Å². The van der Waals surface area contributed by atoms with Gasteiger partial charge >= 0.3 is 0 Å². The molecule has 0 saturated carbocycles. The first-order chi connectivity index (χ1) is 7.66. The highest BCUT2D eigenvalue weighted by Gasteiger charge is 2.17. The van der Waals surface area contributed by atoms with E-state index in [0.29, 0.717) is 0 Å². The van der Waals surface area contributed by atoms with E-state index < -0.39 is 11.6 Å². The first-order valence-electron chi connectivity index (χ1n) is 5.12. The molecular weight excluding hydrogens is 232 g/mol. The third kappa shape index (κ3) is 2.55. The van der Waals surface area contributed by atoms with Crippen molar-refractivity contribution in [2.24, 2.45) is 0 Å². The molecule has 0 bridgehead atoms. The minimum Gasteiger partial charge on any atom is -0.381 e. The Balaban J connectivity index is 2.11. The highest BCUT2D eigenvalue weighted by Crippen LogP contribution is 2.23. The average molecular weight is 245 g/mol. The van der Waals surface area contributed by atoms with Gasteiger partial charge in [-0.05, 0) is 24.3 Å². The van der Waals surface area contributed by atoms with Crippen LogP contribution in [0, 0.1) is 11.6 Å². The third-order valence-corrected chi connectivity index (χ3v) is 3.57. The number of hydrogen-bond donors (Lipinski definition) is 2. The van der Waals surface area contributed by atoms with Gasteiger partial charge in [-0.2, -0.15) is 11.8 Å². The molecular formula is C10H13F2N3S. The van der Waals surface area contributed by atoms with Gasteiger partial charge in [-0.1, -0.05) is 0 Å². The van der Waals surface area contributed by atoms with Gasteiger partial charge in [0.15, 0.2) is 23.3 Å². The van der Waals surface area contributed by atoms with Crippen LogP contribution in [0.1, 0.15) is 12.8 Å². The molecule has 0 unspecified atom stereocenters. The molecule has 1 aromatic heterocycles. The van der Waals surface area contributed by atoms with Crippen LogP contribution < -0.4 is 11.1 Å². The number of nitrogens with one attached hydrogen (secondary N) is 1. The van der Waals surface area contributed by atoms with Gasteiger partial charge < -0.3 is 11.1 Å². The van der Waals surface area contributed by atoms with Crippen LogP contribution in [0.15, 0.2) is 6.07 Å². The van der Waals surface area contributed by atoms with E-state index in [1.165, 1.54) is 0 Å². The van der Waals surface area contributed by atoms with Crippen LogP contribution >= 0.6 is 11.8 Å². The first kappa shape index (κ1) is 11.4. The van der Waals surface area contributed by atoms with Gasteiger partial charge in [0.1, 0.15) is 0 Å². The monoisotopic (exact) mass is 245 g/mol. The van der Waals surface area contributed by atoms with Gasteiger partial charge in [0.2, 0.25) is 0 Å². The van der Waals surface area contributed by atoms with Crippen molar-refractivity contribution in [3.8, 4) is 0 Å². The SMILES string of the molecule is Nc1nc(NC2CCSCC2)c(F)cc1F. The van der Waals surface area contributed by atoms with Crippen molar-refractivity contribution in [1.82, 2.24) is 4.98 Å². The van der Waals surface area contributed by atoms with Crippen LogP contribution in [0.4, 0.5) is 20.4 Å². The lowest BCUT2D eigenvalue weighted by molar-refractivity contribution is 0.573. The van der Waals surface area contributed by atoms with Crippen LogP contribution in [0.3, 0.4) is 0 Å². The Kier molecular flexibility index (Phi) is 3.48. The van der Waals surface area contributed by atoms with Crippen LogP contribution in [0.25, 0.3) is 0 Å². The molecule has 1 saturated heterocycles. The summed E-state index contributed by atoms with van der Waals surface area (Å²) in [6, 6.07) is 0.968. The Bertz CT molecular complexity index is 381. The van der Waals surface area contributed by atoms with Crippen molar-refractivity contribution in [2.75, 3.05) is 22.6 Å². The number of nitrogens with two attached hydrogens (primary N) is 1. The summed E-state index contributed by atoms with van der Waals surface area (Å²) in [4.78, 5) is 3.68. The maximum Gasteiger partial charge on any atom is 0.168 e. The number of rotatable bonds is 2. The Hall–Kier alpha value is -1.04. The van der Waals surface area contributed by atoms with E-state index >= 15 is 0 Å². The van der Waals surface area contributed by atoms with Crippen LogP contribution in [-0.2, 0) is 0 Å². The minimum atomic E-state index is -0.817. The fraction of sp³-hybridized carbons (Fsp3) is 0.500. The van der Waals surface area contributed by atoms with Crippen LogP contribution in [-0.4, -0.2) is 22.5 Å². The van der Waals surface area contributed by atoms with E-state index in [1.54, 1.807) is 0 Å². The fourth-order valence-corrected chi connectivity index (χ4v) is 2.72. The standard InChI is InChI=1S/C10H13F2N3S/c11-7-5-8(12)10(15-9(7)13)14-6-1-3-16-4-2-6/h5-6H,1-4H2,(H3,13,14,15). The fourth-order valence-electron chi connectivity index (χ4n) is 1.62. The molecule has 2 rings (SSSR count). The lowest BCUT2D eigenvalue weighted by atomic mass is 10.1. The molecule has 3 N–H and O–H groups in total. The second-order valence-electron chi connectivity index (χ2n) is 3.72. The Morgan fingerprint density at radius 3 is 2.69 bits per heavy atom. The topological polar surface area (TPSA) is 50.9 Å². The molecule has 1 aliphatic rings. The van der Waals surface area contributed by atoms with Gasteiger partial charge in [-0.3, -0.25) is 0 Å². The molecule has 0 aliphatic carbocycles. The molecule has 1 aliphatic heterocycles. The zero-order chi connectivity index (χ0) is 11.5. The second-order valence-corrected chi connectivity index (χ2v) is 4.94. The molecule has 88 valence electrons. The summed E-state index contributed by atoms with van der Waals surface area (Å²) in [6.45, 7) is 0. The number of nitrogens with zero attached hydrogens (tertiary/aromatic N) is 1. The van der Waals surface area contributed by atoms with Gasteiger partial charge in [0.05, 0.1) is 0 Å². The zero-order valence-electron chi connectivity index (χ0n) is 8.67. The first-order valence-corrected chi connectivity index (χ1v) is 6.28. The number of pyridine rings is 1. The number of anilines is 2. The molecule has 6 heteroatoms. The van der Waals surface area contributed by atoms with Gasteiger partial charge in [-0.15, -0.1) is 0 Å². The lowest BCUT2D eigenvalue weighted by Crippen LogP contribution is -2.25. The van der Waals surface area contributed by atoms with Crippen molar-refractivity contribution in [3.05, 3.63) is 17.7 Å². The number of halogens is 2. The molecule has 0 amide bonds. The maximum absolute atomic E-state index is 13.4. The van der Waals surface area contributed by atoms with E-state index in [4.69, 9.17) is 5.73 Å². The molecule has 1 aromatic rings. The van der Waals surface area contributed by atoms with Crippen molar-refractivity contribution < 1.29 is 8.78 Å². The number of thioether (sulfide) groups is 1. The number of hydrogen-bond acceptors (Lipinski definition) is 4. The van der Waals surface area contributed by atoms with Gasteiger partial charge in [-0.25, -0.2) is 13.8 Å². The Morgan fingerprint density at radius 2 is 2.00 bits per heavy atom. The summed E-state index contributed by atoms with van der Waals surface area (Å²) in [5.74, 6) is 0.378. The number of nitrogen functional groups attached to an aromatic ring is 1. The molecule has 0 radical (unpaired) electrons. The smallest absolute Gasteiger partial charge is 0.168 e. The van der Waals surface area contributed by atoms with E-state index in [1.807, 2.05) is 11.8 Å². The summed E-state index contributed by atoms with van der Waals surface area (Å²) in [5, 5.41) is 2.97. The van der Waals surface area contributed by atoms with Crippen molar-refractivity contribution >= 4 is 23.4 Å². The average Bonchev–Trinajstić information content (AvgIpc) is 2.27. The minimum absolute atomic E-state index is 0.0517. The van der Waals surface area contributed by atoms with E-state index in [9.17, 15) is 8.78 Å². The highest BCUT2D eigenvalue weighted by molar-refractivity contribution is 7.99. The molecule has 16 heavy (non-hydrogen) atoms. The highest BCUT2D eigenvalue weighted by atomic mass is 32.2.